The molecule has 2 rings (SSSR count). The van der Waals surface area contributed by atoms with Gasteiger partial charge in [0.15, 0.2) is 0 Å². The lowest BCUT2D eigenvalue weighted by atomic mass is 9.93. The zero-order valence-corrected chi connectivity index (χ0v) is 13.5. The second-order valence-electron chi connectivity index (χ2n) is 6.87. The van der Waals surface area contributed by atoms with Gasteiger partial charge in [0.1, 0.15) is 0 Å². The molecule has 1 heterocycles. The van der Waals surface area contributed by atoms with E-state index in [1.165, 1.54) is 6.92 Å². The van der Waals surface area contributed by atoms with Crippen LogP contribution in [0.1, 0.15) is 45.4 Å². The molecule has 1 atom stereocenters. The SMILES string of the molecule is CC(=O)N1CCN(CC2(O)CCCCCC2)C[C@H](C(=O)O)C1. The van der Waals surface area contributed by atoms with Crippen LogP contribution >= 0.6 is 0 Å². The van der Waals surface area contributed by atoms with Crippen LogP contribution in [-0.4, -0.2) is 70.2 Å². The summed E-state index contributed by atoms with van der Waals surface area (Å²) in [5.41, 5.74) is -0.703. The molecule has 6 nitrogen and oxygen atoms in total. The highest BCUT2D eigenvalue weighted by Gasteiger charge is 2.34. The number of rotatable bonds is 3. The molecule has 0 unspecified atom stereocenters. The fourth-order valence-electron chi connectivity index (χ4n) is 3.63. The first-order chi connectivity index (χ1) is 10.4. The van der Waals surface area contributed by atoms with Crippen molar-refractivity contribution < 1.29 is 19.8 Å². The van der Waals surface area contributed by atoms with Crippen molar-refractivity contribution in [3.05, 3.63) is 0 Å². The molecule has 1 saturated carbocycles. The molecule has 22 heavy (non-hydrogen) atoms. The summed E-state index contributed by atoms with van der Waals surface area (Å²) in [5, 5.41) is 20.2. The molecule has 0 aromatic rings. The number of nitrogens with zero attached hydrogens (tertiary/aromatic N) is 2. The van der Waals surface area contributed by atoms with Gasteiger partial charge in [0, 0.05) is 39.6 Å². The molecule has 6 heteroatoms. The smallest absolute Gasteiger partial charge is 0.309 e. The Bertz CT molecular complexity index is 405. The van der Waals surface area contributed by atoms with Gasteiger partial charge >= 0.3 is 5.97 Å². The monoisotopic (exact) mass is 312 g/mol. The Morgan fingerprint density at radius 2 is 1.73 bits per heavy atom. The number of carbonyl (C=O) groups is 2. The summed E-state index contributed by atoms with van der Waals surface area (Å²) in [5.74, 6) is -1.53. The van der Waals surface area contributed by atoms with Crippen LogP contribution in [0.25, 0.3) is 0 Å². The number of β-amino-alcohol motifs (C(OH)–C–C–N with tert-alkyl or cyclic N) is 1. The molecule has 1 saturated heterocycles. The number of carboxylic acids is 1. The van der Waals surface area contributed by atoms with Gasteiger partial charge in [0.2, 0.25) is 5.91 Å². The van der Waals surface area contributed by atoms with Crippen LogP contribution in [0.3, 0.4) is 0 Å². The topological polar surface area (TPSA) is 81.1 Å². The molecule has 126 valence electrons. The molecule has 0 aromatic carbocycles. The Labute approximate surface area is 132 Å². The second kappa shape index (κ2) is 7.42. The Hall–Kier alpha value is -1.14. The molecule has 0 aromatic heterocycles. The Kier molecular flexibility index (Phi) is 5.81. The lowest BCUT2D eigenvalue weighted by molar-refractivity contribution is -0.143. The number of hydrogen-bond acceptors (Lipinski definition) is 4. The van der Waals surface area contributed by atoms with Gasteiger partial charge < -0.3 is 15.1 Å². The van der Waals surface area contributed by atoms with E-state index in [1.807, 2.05) is 4.90 Å². The molecule has 1 aliphatic carbocycles. The molecule has 0 bridgehead atoms. The summed E-state index contributed by atoms with van der Waals surface area (Å²) in [6.45, 7) is 3.83. The van der Waals surface area contributed by atoms with E-state index < -0.39 is 17.5 Å². The van der Waals surface area contributed by atoms with E-state index in [0.717, 1.165) is 38.5 Å². The normalized spacial score (nSPS) is 27.0. The molecule has 1 aliphatic heterocycles. The van der Waals surface area contributed by atoms with Gasteiger partial charge in [0.05, 0.1) is 11.5 Å². The Balaban J connectivity index is 2.03. The third-order valence-corrected chi connectivity index (χ3v) is 4.95. The van der Waals surface area contributed by atoms with Crippen LogP contribution in [0.5, 0.6) is 0 Å². The highest BCUT2D eigenvalue weighted by Crippen LogP contribution is 2.28. The van der Waals surface area contributed by atoms with Crippen molar-refractivity contribution in [1.29, 1.82) is 0 Å². The number of amides is 1. The number of aliphatic hydroxyl groups is 1. The van der Waals surface area contributed by atoms with Crippen LogP contribution in [0, 0.1) is 5.92 Å². The van der Waals surface area contributed by atoms with Crippen molar-refractivity contribution >= 4 is 11.9 Å². The predicted octanol–water partition coefficient (Wildman–Crippen LogP) is 0.937. The third-order valence-electron chi connectivity index (χ3n) is 4.95. The first kappa shape index (κ1) is 17.2. The first-order valence-corrected chi connectivity index (χ1v) is 8.33. The molecule has 0 spiro atoms. The summed E-state index contributed by atoms with van der Waals surface area (Å²) in [7, 11) is 0. The van der Waals surface area contributed by atoms with Crippen LogP contribution in [-0.2, 0) is 9.59 Å². The van der Waals surface area contributed by atoms with Crippen LogP contribution in [0.2, 0.25) is 0 Å². The fraction of sp³-hybridized carbons (Fsp3) is 0.875. The molecular weight excluding hydrogens is 284 g/mol. The summed E-state index contributed by atoms with van der Waals surface area (Å²) >= 11 is 0. The van der Waals surface area contributed by atoms with Crippen LogP contribution in [0.15, 0.2) is 0 Å². The number of carboxylic acid groups (broad SMARTS) is 1. The Morgan fingerprint density at radius 1 is 1.09 bits per heavy atom. The van der Waals surface area contributed by atoms with E-state index in [9.17, 15) is 19.8 Å². The van der Waals surface area contributed by atoms with Gasteiger partial charge in [-0.15, -0.1) is 0 Å². The van der Waals surface area contributed by atoms with E-state index in [2.05, 4.69) is 0 Å². The van der Waals surface area contributed by atoms with Crippen molar-refractivity contribution in [2.45, 2.75) is 51.0 Å². The molecule has 2 aliphatic rings. The zero-order valence-electron chi connectivity index (χ0n) is 13.5. The number of aliphatic carboxylic acids is 1. The first-order valence-electron chi connectivity index (χ1n) is 8.33. The van der Waals surface area contributed by atoms with E-state index >= 15 is 0 Å². The summed E-state index contributed by atoms with van der Waals surface area (Å²) in [6, 6.07) is 0. The van der Waals surface area contributed by atoms with Gasteiger partial charge in [-0.3, -0.25) is 14.5 Å². The molecule has 1 amide bonds. The molecule has 2 fully saturated rings. The maximum Gasteiger partial charge on any atom is 0.309 e. The standard InChI is InChI=1S/C16H28N2O4/c1-13(19)18-9-8-17(10-14(11-18)15(20)21)12-16(22)6-4-2-3-5-7-16/h14,22H,2-12H2,1H3,(H,20,21)/t14-/m0/s1. The summed E-state index contributed by atoms with van der Waals surface area (Å²) in [4.78, 5) is 26.7. The van der Waals surface area contributed by atoms with E-state index in [1.54, 1.807) is 4.90 Å². The van der Waals surface area contributed by atoms with E-state index in [-0.39, 0.29) is 12.5 Å². The second-order valence-corrected chi connectivity index (χ2v) is 6.87. The van der Waals surface area contributed by atoms with E-state index in [4.69, 9.17) is 0 Å². The Morgan fingerprint density at radius 3 is 2.27 bits per heavy atom. The van der Waals surface area contributed by atoms with Crippen molar-refractivity contribution in [2.75, 3.05) is 32.7 Å². The predicted molar refractivity (Wildman–Crippen MR) is 82.5 cm³/mol. The highest BCUT2D eigenvalue weighted by molar-refractivity contribution is 5.75. The van der Waals surface area contributed by atoms with Crippen molar-refractivity contribution in [2.24, 2.45) is 5.92 Å². The number of hydrogen-bond donors (Lipinski definition) is 2. The molecule has 0 radical (unpaired) electrons. The van der Waals surface area contributed by atoms with Gasteiger partial charge in [-0.1, -0.05) is 25.7 Å². The summed E-state index contributed by atoms with van der Waals surface area (Å²) < 4.78 is 0. The highest BCUT2D eigenvalue weighted by atomic mass is 16.4. The minimum absolute atomic E-state index is 0.0821. The molecular formula is C16H28N2O4. The fourth-order valence-corrected chi connectivity index (χ4v) is 3.63. The molecule has 2 N–H and O–H groups in total. The van der Waals surface area contributed by atoms with Gasteiger partial charge in [-0.25, -0.2) is 0 Å². The van der Waals surface area contributed by atoms with Crippen LogP contribution < -0.4 is 0 Å². The maximum atomic E-state index is 11.6. The van der Waals surface area contributed by atoms with E-state index in [0.29, 0.717) is 26.2 Å². The van der Waals surface area contributed by atoms with Gasteiger partial charge in [0.25, 0.3) is 0 Å². The minimum Gasteiger partial charge on any atom is -0.481 e. The van der Waals surface area contributed by atoms with Gasteiger partial charge in [-0.2, -0.15) is 0 Å². The lowest BCUT2D eigenvalue weighted by Gasteiger charge is -2.33. The van der Waals surface area contributed by atoms with Crippen molar-refractivity contribution in [3.63, 3.8) is 0 Å². The lowest BCUT2D eigenvalue weighted by Crippen LogP contribution is -2.45. The maximum absolute atomic E-state index is 11.6. The van der Waals surface area contributed by atoms with Crippen molar-refractivity contribution in [3.8, 4) is 0 Å². The minimum atomic E-state index is -0.869. The largest absolute Gasteiger partial charge is 0.481 e. The number of carbonyl (C=O) groups excluding carboxylic acids is 1. The average Bonchev–Trinajstić information content (AvgIpc) is 2.77. The van der Waals surface area contributed by atoms with Gasteiger partial charge in [-0.05, 0) is 12.8 Å². The third kappa shape index (κ3) is 4.68. The zero-order chi connectivity index (χ0) is 16.2. The average molecular weight is 312 g/mol. The van der Waals surface area contributed by atoms with Crippen molar-refractivity contribution in [1.82, 2.24) is 9.80 Å². The summed E-state index contributed by atoms with van der Waals surface area (Å²) in [6.07, 6.45) is 5.98. The quantitative estimate of drug-likeness (QED) is 0.758. The van der Waals surface area contributed by atoms with Crippen LogP contribution in [0.4, 0.5) is 0 Å².